The lowest BCUT2D eigenvalue weighted by Gasteiger charge is -2.29. The van der Waals surface area contributed by atoms with Gasteiger partial charge in [0.2, 0.25) is 0 Å². The van der Waals surface area contributed by atoms with Gasteiger partial charge in [-0.2, -0.15) is 0 Å². The van der Waals surface area contributed by atoms with Crippen molar-refractivity contribution in [1.82, 2.24) is 4.90 Å². The standard InChI is InChI=1S/C8H20N2O14P4/c1-2-3-10(5-8(12,23-27(17)18)24-28(19)20)6-9-4-7(11,21-25(13)14)22-26(15)16/h2-3,6,11-14,26-28H,4-5H2,1H3,(H,15,16)(H,17,18)(H,19,20)/b3-2-,9-6+. The highest BCUT2D eigenvalue weighted by molar-refractivity contribution is 7.39. The molecule has 166 valence electrons. The molecule has 0 rings (SSSR count). The van der Waals surface area contributed by atoms with Crippen LogP contribution in [0.1, 0.15) is 6.92 Å². The Morgan fingerprint density at radius 3 is 1.86 bits per heavy atom. The maximum absolute atomic E-state index is 10.8. The molecule has 20 heteroatoms. The first kappa shape index (κ1) is 27.9. The summed E-state index contributed by atoms with van der Waals surface area (Å²) < 4.78 is 49.1. The molecule has 0 aromatic carbocycles. The van der Waals surface area contributed by atoms with Crippen LogP contribution >= 0.6 is 33.4 Å². The van der Waals surface area contributed by atoms with Crippen LogP contribution in [0.5, 0.6) is 0 Å². The molecule has 0 bridgehead atoms. The normalized spacial score (nSPS) is 20.2. The van der Waals surface area contributed by atoms with Crippen LogP contribution in [0.3, 0.4) is 0 Å². The van der Waals surface area contributed by atoms with Crippen molar-refractivity contribution >= 4 is 39.7 Å². The highest BCUT2D eigenvalue weighted by Gasteiger charge is 2.36. The molecule has 0 radical (unpaired) electrons. The van der Waals surface area contributed by atoms with Gasteiger partial charge in [-0.1, -0.05) is 6.08 Å². The molecule has 0 amide bonds. The van der Waals surface area contributed by atoms with E-state index in [-0.39, 0.29) is 0 Å². The molecule has 0 aliphatic rings. The Hall–Kier alpha value is -0.110. The summed E-state index contributed by atoms with van der Waals surface area (Å²) in [6, 6.07) is 0. The van der Waals surface area contributed by atoms with Gasteiger partial charge in [-0.3, -0.25) is 36.8 Å². The molecule has 16 nitrogen and oxygen atoms in total. The molecule has 0 aliphatic carbocycles. The van der Waals surface area contributed by atoms with Crippen LogP contribution in [-0.4, -0.2) is 71.0 Å². The van der Waals surface area contributed by atoms with Gasteiger partial charge in [0.1, 0.15) is 13.1 Å². The van der Waals surface area contributed by atoms with Crippen LogP contribution < -0.4 is 0 Å². The minimum Gasteiger partial charge on any atom is -0.341 e. The van der Waals surface area contributed by atoms with Crippen LogP contribution in [0.4, 0.5) is 0 Å². The summed E-state index contributed by atoms with van der Waals surface area (Å²) in [7, 11) is -14.6. The third-order valence-corrected chi connectivity index (χ3v) is 4.14. The van der Waals surface area contributed by atoms with Gasteiger partial charge in [0.15, 0.2) is 0 Å². The molecule has 0 aliphatic heterocycles. The van der Waals surface area contributed by atoms with E-state index >= 15 is 0 Å². The van der Waals surface area contributed by atoms with E-state index in [2.05, 4.69) is 23.1 Å². The number of rotatable bonds is 14. The molecule has 0 heterocycles. The second-order valence-corrected chi connectivity index (χ2v) is 7.38. The fourth-order valence-corrected chi connectivity index (χ4v) is 3.16. The summed E-state index contributed by atoms with van der Waals surface area (Å²) >= 11 is 0. The number of aliphatic imine (C=N–C) groups is 1. The summed E-state index contributed by atoms with van der Waals surface area (Å²) in [5, 5.41) is 19.8. The maximum atomic E-state index is 10.8. The van der Waals surface area contributed by atoms with Crippen molar-refractivity contribution in [1.29, 1.82) is 0 Å². The van der Waals surface area contributed by atoms with Crippen LogP contribution in [0, 0.1) is 0 Å². The van der Waals surface area contributed by atoms with Gasteiger partial charge in [-0.05, 0) is 6.92 Å². The number of aliphatic hydroxyl groups is 2. The van der Waals surface area contributed by atoms with Crippen molar-refractivity contribution in [3.05, 3.63) is 12.3 Å². The predicted molar refractivity (Wildman–Crippen MR) is 94.1 cm³/mol. The maximum Gasteiger partial charge on any atom is 0.331 e. The van der Waals surface area contributed by atoms with Gasteiger partial charge < -0.3 is 39.6 Å². The fraction of sp³-hybridized carbons (Fsp3) is 0.625. The molecule has 4 unspecified atom stereocenters. The first-order chi connectivity index (χ1) is 12.8. The highest BCUT2D eigenvalue weighted by Crippen LogP contribution is 2.37. The van der Waals surface area contributed by atoms with Crippen molar-refractivity contribution in [2.24, 2.45) is 4.99 Å². The molecular formula is C8H20N2O14P4. The molecule has 4 atom stereocenters. The topological polar surface area (TPSA) is 245 Å². The minimum atomic E-state index is -3.81. The smallest absolute Gasteiger partial charge is 0.331 e. The summed E-state index contributed by atoms with van der Waals surface area (Å²) in [5.74, 6) is -6.00. The van der Waals surface area contributed by atoms with Crippen LogP contribution in [0.25, 0.3) is 0 Å². The molecule has 0 spiro atoms. The zero-order valence-electron chi connectivity index (χ0n) is 14.0. The Balaban J connectivity index is 5.37. The molecule has 28 heavy (non-hydrogen) atoms. The van der Waals surface area contributed by atoms with E-state index in [4.69, 9.17) is 24.5 Å². The monoisotopic (exact) mass is 492 g/mol. The lowest BCUT2D eigenvalue weighted by molar-refractivity contribution is -0.274. The molecule has 0 saturated heterocycles. The second-order valence-electron chi connectivity index (χ2n) is 4.48. The lowest BCUT2D eigenvalue weighted by atomic mass is 10.5. The molecule has 7 N–H and O–H groups in total. The van der Waals surface area contributed by atoms with Crippen LogP contribution in [-0.2, 0) is 31.8 Å². The van der Waals surface area contributed by atoms with Crippen molar-refractivity contribution in [3.8, 4) is 0 Å². The Labute approximate surface area is 161 Å². The third-order valence-electron chi connectivity index (χ3n) is 2.21. The van der Waals surface area contributed by atoms with E-state index in [1.807, 2.05) is 0 Å². The zero-order valence-corrected chi connectivity index (χ0v) is 17.9. The molecule has 0 fully saturated rings. The van der Waals surface area contributed by atoms with Crippen molar-refractivity contribution in [3.63, 3.8) is 0 Å². The average Bonchev–Trinajstić information content (AvgIpc) is 2.42. The van der Waals surface area contributed by atoms with Crippen LogP contribution in [0.15, 0.2) is 17.3 Å². The molecule has 0 aromatic rings. The fourth-order valence-electron chi connectivity index (χ4n) is 1.52. The Morgan fingerprint density at radius 1 is 1.00 bits per heavy atom. The first-order valence-electron chi connectivity index (χ1n) is 6.77. The van der Waals surface area contributed by atoms with E-state index in [1.54, 1.807) is 0 Å². The van der Waals surface area contributed by atoms with E-state index in [0.29, 0.717) is 0 Å². The predicted octanol–water partition coefficient (Wildman–Crippen LogP) is -1.43. The summed E-state index contributed by atoms with van der Waals surface area (Å²) in [6.45, 7) is -0.361. The number of hydrogen-bond acceptors (Lipinski definition) is 12. The second kappa shape index (κ2) is 13.2. The van der Waals surface area contributed by atoms with Crippen LogP contribution in [0.2, 0.25) is 0 Å². The summed E-state index contributed by atoms with van der Waals surface area (Å²) in [4.78, 5) is 48.2. The van der Waals surface area contributed by atoms with E-state index in [0.717, 1.165) is 11.2 Å². The molecular weight excluding hydrogens is 472 g/mol. The lowest BCUT2D eigenvalue weighted by Crippen LogP contribution is -2.43. The Morgan fingerprint density at radius 2 is 1.46 bits per heavy atom. The van der Waals surface area contributed by atoms with Gasteiger partial charge in [-0.15, -0.1) is 0 Å². The van der Waals surface area contributed by atoms with E-state index in [9.17, 15) is 23.9 Å². The zero-order chi connectivity index (χ0) is 22.0. The Bertz CT molecular complexity index is 600. The van der Waals surface area contributed by atoms with Crippen molar-refractivity contribution in [2.45, 2.75) is 18.9 Å². The molecule has 0 aromatic heterocycles. The average molecular weight is 492 g/mol. The van der Waals surface area contributed by atoms with Gasteiger partial charge in [0.25, 0.3) is 0 Å². The van der Waals surface area contributed by atoms with Gasteiger partial charge in [0, 0.05) is 6.20 Å². The largest absolute Gasteiger partial charge is 0.341 e. The van der Waals surface area contributed by atoms with Gasteiger partial charge in [-0.25, -0.2) is 0 Å². The number of hydrogen-bond donors (Lipinski definition) is 7. The third kappa shape index (κ3) is 13.2. The van der Waals surface area contributed by atoms with Gasteiger partial charge in [0.05, 0.1) is 6.34 Å². The van der Waals surface area contributed by atoms with E-state index < -0.39 is 58.4 Å². The summed E-state index contributed by atoms with van der Waals surface area (Å²) in [5.41, 5.74) is 0. The van der Waals surface area contributed by atoms with Crippen molar-refractivity contribution < 1.29 is 66.5 Å². The Kier molecular flexibility index (Phi) is 13.2. The quantitative estimate of drug-likeness (QED) is 0.0636. The summed E-state index contributed by atoms with van der Waals surface area (Å²) in [6.07, 6.45) is 3.33. The number of allylic oxidation sites excluding steroid dienone is 1. The van der Waals surface area contributed by atoms with Gasteiger partial charge >= 0.3 is 45.3 Å². The van der Waals surface area contributed by atoms with E-state index in [1.165, 1.54) is 19.2 Å². The number of nitrogens with zero attached hydrogens (tertiary/aromatic N) is 2. The highest BCUT2D eigenvalue weighted by atomic mass is 31.2. The first-order valence-corrected chi connectivity index (χ1v) is 11.7. The minimum absolute atomic E-state index is 0.796. The SMILES string of the molecule is C/C=C\N(/C=N/CC(O)(OP(O)O)O[PH](=O)O)CC(O)(O[PH](=O)O)O[PH](=O)O. The molecule has 0 saturated carbocycles. The van der Waals surface area contributed by atoms with Crippen molar-refractivity contribution in [2.75, 3.05) is 13.1 Å².